The molecule has 0 N–H and O–H groups in total. The number of carbonyl (C=O) groups is 1. The van der Waals surface area contributed by atoms with Crippen molar-refractivity contribution in [3.8, 4) is 11.5 Å². The van der Waals surface area contributed by atoms with E-state index in [1.165, 1.54) is 6.08 Å². The molecule has 2 aliphatic rings. The molecule has 0 atom stereocenters. The molecule has 0 bridgehead atoms. The second-order valence-corrected chi connectivity index (χ2v) is 3.41. The lowest BCUT2D eigenvalue weighted by molar-refractivity contribution is -0.132. The topological polar surface area (TPSA) is 44.8 Å². The molecule has 0 spiro atoms. The fourth-order valence-corrected chi connectivity index (χ4v) is 1.58. The minimum atomic E-state index is -0.341. The number of allylic oxidation sites excluding steroid dienone is 1. The zero-order chi connectivity index (χ0) is 11.0. The fourth-order valence-electron chi connectivity index (χ4n) is 1.58. The molecule has 4 nitrogen and oxygen atoms in total. The molecule has 2 aliphatic heterocycles. The summed E-state index contributed by atoms with van der Waals surface area (Å²) in [4.78, 5) is 10.8. The minimum Gasteiger partial charge on any atom is -0.454 e. The minimum absolute atomic E-state index is 0.254. The Morgan fingerprint density at radius 2 is 2.00 bits per heavy atom. The van der Waals surface area contributed by atoms with Gasteiger partial charge in [0.2, 0.25) is 6.79 Å². The third-order valence-electron chi connectivity index (χ3n) is 2.31. The van der Waals surface area contributed by atoms with Crippen molar-refractivity contribution >= 4 is 12.0 Å². The lowest BCUT2D eigenvalue weighted by Crippen LogP contribution is -1.92. The SMILES string of the molecule is O=C1C=C/C(=C/c2ccc3c(c2)OCO3)O1. The van der Waals surface area contributed by atoms with Crippen LogP contribution in [0.15, 0.2) is 36.1 Å². The number of benzene rings is 1. The maximum atomic E-state index is 10.8. The number of hydrogen-bond donors (Lipinski definition) is 0. The van der Waals surface area contributed by atoms with E-state index in [2.05, 4.69) is 0 Å². The summed E-state index contributed by atoms with van der Waals surface area (Å²) in [5.41, 5.74) is 0.901. The molecule has 1 aromatic rings. The van der Waals surface area contributed by atoms with Crippen LogP contribution in [0.3, 0.4) is 0 Å². The highest BCUT2D eigenvalue weighted by Gasteiger charge is 2.14. The largest absolute Gasteiger partial charge is 0.454 e. The zero-order valence-corrected chi connectivity index (χ0v) is 8.30. The van der Waals surface area contributed by atoms with Crippen LogP contribution < -0.4 is 9.47 Å². The van der Waals surface area contributed by atoms with Crippen LogP contribution in [0.5, 0.6) is 11.5 Å². The Morgan fingerprint density at radius 1 is 1.12 bits per heavy atom. The van der Waals surface area contributed by atoms with Gasteiger partial charge in [0.05, 0.1) is 0 Å². The molecule has 0 fully saturated rings. The molecule has 0 unspecified atom stereocenters. The van der Waals surface area contributed by atoms with Gasteiger partial charge in [-0.2, -0.15) is 0 Å². The zero-order valence-electron chi connectivity index (χ0n) is 8.30. The first-order valence-corrected chi connectivity index (χ1v) is 4.82. The van der Waals surface area contributed by atoms with E-state index in [9.17, 15) is 4.79 Å². The number of carbonyl (C=O) groups excluding carboxylic acids is 1. The van der Waals surface area contributed by atoms with Crippen molar-refractivity contribution in [1.82, 2.24) is 0 Å². The van der Waals surface area contributed by atoms with Crippen LogP contribution in [-0.4, -0.2) is 12.8 Å². The van der Waals surface area contributed by atoms with Gasteiger partial charge in [-0.1, -0.05) is 6.07 Å². The van der Waals surface area contributed by atoms with E-state index in [0.717, 1.165) is 11.3 Å². The summed E-state index contributed by atoms with van der Waals surface area (Å²) in [6, 6.07) is 5.55. The summed E-state index contributed by atoms with van der Waals surface area (Å²) >= 11 is 0. The molecular formula is C12H8O4. The van der Waals surface area contributed by atoms with Crippen molar-refractivity contribution in [3.63, 3.8) is 0 Å². The Labute approximate surface area is 91.7 Å². The van der Waals surface area contributed by atoms with Gasteiger partial charge in [-0.3, -0.25) is 0 Å². The van der Waals surface area contributed by atoms with Gasteiger partial charge >= 0.3 is 5.97 Å². The van der Waals surface area contributed by atoms with Crippen LogP contribution in [0.4, 0.5) is 0 Å². The standard InChI is InChI=1S/C12H8O4/c13-12-4-2-9(16-12)5-8-1-3-10-11(6-8)15-7-14-10/h1-6H,7H2/b9-5-. The Hall–Kier alpha value is -2.23. The van der Waals surface area contributed by atoms with Crippen LogP contribution in [-0.2, 0) is 9.53 Å². The molecule has 3 rings (SSSR count). The van der Waals surface area contributed by atoms with E-state index in [1.807, 2.05) is 18.2 Å². The van der Waals surface area contributed by atoms with Gasteiger partial charge in [0.15, 0.2) is 11.5 Å². The van der Waals surface area contributed by atoms with Gasteiger partial charge in [0.25, 0.3) is 0 Å². The fraction of sp³-hybridized carbons (Fsp3) is 0.0833. The second kappa shape index (κ2) is 3.41. The molecule has 0 saturated carbocycles. The Balaban J connectivity index is 1.91. The van der Waals surface area contributed by atoms with Crippen LogP contribution in [0.2, 0.25) is 0 Å². The molecular weight excluding hydrogens is 208 g/mol. The molecule has 0 saturated heterocycles. The Bertz CT molecular complexity index is 514. The van der Waals surface area contributed by atoms with E-state index in [4.69, 9.17) is 14.2 Å². The Kier molecular flexibility index (Phi) is 1.93. The van der Waals surface area contributed by atoms with Crippen molar-refractivity contribution in [2.45, 2.75) is 0 Å². The summed E-state index contributed by atoms with van der Waals surface area (Å²) in [5, 5.41) is 0. The predicted octanol–water partition coefficient (Wildman–Crippen LogP) is 1.87. The van der Waals surface area contributed by atoms with E-state index in [1.54, 1.807) is 12.2 Å². The van der Waals surface area contributed by atoms with E-state index in [0.29, 0.717) is 11.5 Å². The molecule has 4 heteroatoms. The van der Waals surface area contributed by atoms with Crippen molar-refractivity contribution in [2.75, 3.05) is 6.79 Å². The van der Waals surface area contributed by atoms with Crippen molar-refractivity contribution < 1.29 is 19.0 Å². The molecule has 0 radical (unpaired) electrons. The van der Waals surface area contributed by atoms with E-state index in [-0.39, 0.29) is 12.8 Å². The molecule has 2 heterocycles. The van der Waals surface area contributed by atoms with Crippen molar-refractivity contribution in [3.05, 3.63) is 41.7 Å². The second-order valence-electron chi connectivity index (χ2n) is 3.41. The third-order valence-corrected chi connectivity index (χ3v) is 2.31. The first kappa shape index (κ1) is 9.03. The average molecular weight is 216 g/mol. The highest BCUT2D eigenvalue weighted by atomic mass is 16.7. The summed E-state index contributed by atoms with van der Waals surface area (Å²) in [6.07, 6.45) is 4.79. The molecule has 0 aliphatic carbocycles. The van der Waals surface area contributed by atoms with Gasteiger partial charge in [-0.15, -0.1) is 0 Å². The maximum Gasteiger partial charge on any atom is 0.336 e. The van der Waals surface area contributed by atoms with Crippen LogP contribution in [0.25, 0.3) is 6.08 Å². The number of fused-ring (bicyclic) bond motifs is 1. The summed E-state index contributed by atoms with van der Waals surface area (Å²) in [5.74, 6) is 1.64. The highest BCUT2D eigenvalue weighted by Crippen LogP contribution is 2.33. The van der Waals surface area contributed by atoms with Gasteiger partial charge in [-0.25, -0.2) is 4.79 Å². The predicted molar refractivity (Wildman–Crippen MR) is 55.8 cm³/mol. The summed E-state index contributed by atoms with van der Waals surface area (Å²) < 4.78 is 15.4. The van der Waals surface area contributed by atoms with Crippen molar-refractivity contribution in [2.24, 2.45) is 0 Å². The average Bonchev–Trinajstić information content (AvgIpc) is 2.87. The lowest BCUT2D eigenvalue weighted by atomic mass is 10.2. The first-order chi connectivity index (χ1) is 7.81. The Morgan fingerprint density at radius 3 is 2.81 bits per heavy atom. The van der Waals surface area contributed by atoms with Crippen LogP contribution in [0, 0.1) is 0 Å². The van der Waals surface area contributed by atoms with Gasteiger partial charge < -0.3 is 14.2 Å². The summed E-state index contributed by atoms with van der Waals surface area (Å²) in [7, 11) is 0. The van der Waals surface area contributed by atoms with E-state index < -0.39 is 0 Å². The van der Waals surface area contributed by atoms with Crippen LogP contribution >= 0.6 is 0 Å². The van der Waals surface area contributed by atoms with Gasteiger partial charge in [0.1, 0.15) is 5.76 Å². The van der Waals surface area contributed by atoms with Crippen molar-refractivity contribution in [1.29, 1.82) is 0 Å². The number of esters is 1. The number of hydrogen-bond acceptors (Lipinski definition) is 4. The molecule has 16 heavy (non-hydrogen) atoms. The van der Waals surface area contributed by atoms with E-state index >= 15 is 0 Å². The molecule has 0 amide bonds. The molecule has 0 aromatic heterocycles. The normalized spacial score (nSPS) is 19.2. The number of cyclic esters (lactones) is 1. The number of rotatable bonds is 1. The monoisotopic (exact) mass is 216 g/mol. The van der Waals surface area contributed by atoms with Gasteiger partial charge in [0, 0.05) is 6.08 Å². The molecule has 80 valence electrons. The van der Waals surface area contributed by atoms with Crippen LogP contribution in [0.1, 0.15) is 5.56 Å². The highest BCUT2D eigenvalue weighted by molar-refractivity contribution is 5.87. The van der Waals surface area contributed by atoms with Gasteiger partial charge in [-0.05, 0) is 29.8 Å². The maximum absolute atomic E-state index is 10.8. The third kappa shape index (κ3) is 1.54. The summed E-state index contributed by atoms with van der Waals surface area (Å²) in [6.45, 7) is 0.254. The lowest BCUT2D eigenvalue weighted by Gasteiger charge is -1.99. The molecule has 1 aromatic carbocycles. The first-order valence-electron chi connectivity index (χ1n) is 4.82. The quantitative estimate of drug-likeness (QED) is 0.672. The smallest absolute Gasteiger partial charge is 0.336 e. The number of ether oxygens (including phenoxy) is 3.